The highest BCUT2D eigenvalue weighted by Crippen LogP contribution is 2.23. The standard InChI is InChI=1S/C15H21ClN2O.ClH/c1-17-9-6-12-7-10-18(11-8-12)15(19)13-4-2-3-5-14(13)16;/h2-5,12,17H,6-11H2,1H3;1H. The van der Waals surface area contributed by atoms with Crippen molar-refractivity contribution in [3.8, 4) is 0 Å². The molecule has 0 aromatic heterocycles. The second-order valence-electron chi connectivity index (χ2n) is 5.11. The fourth-order valence-electron chi connectivity index (χ4n) is 2.58. The summed E-state index contributed by atoms with van der Waals surface area (Å²) in [4.78, 5) is 14.3. The molecular formula is C15H22Cl2N2O. The van der Waals surface area contributed by atoms with Crippen molar-refractivity contribution in [2.45, 2.75) is 19.3 Å². The quantitative estimate of drug-likeness (QED) is 0.925. The van der Waals surface area contributed by atoms with E-state index in [-0.39, 0.29) is 18.3 Å². The van der Waals surface area contributed by atoms with Gasteiger partial charge in [0, 0.05) is 13.1 Å². The molecule has 3 nitrogen and oxygen atoms in total. The second kappa shape index (κ2) is 8.50. The molecule has 1 aromatic rings. The molecule has 1 aromatic carbocycles. The molecule has 0 saturated carbocycles. The smallest absolute Gasteiger partial charge is 0.255 e. The number of halogens is 2. The summed E-state index contributed by atoms with van der Waals surface area (Å²) in [6, 6.07) is 7.29. The lowest BCUT2D eigenvalue weighted by Crippen LogP contribution is -2.39. The van der Waals surface area contributed by atoms with Gasteiger partial charge in [-0.05, 0) is 50.9 Å². The number of benzene rings is 1. The van der Waals surface area contributed by atoms with Gasteiger partial charge in [0.15, 0.2) is 0 Å². The highest BCUT2D eigenvalue weighted by Gasteiger charge is 2.24. The van der Waals surface area contributed by atoms with Gasteiger partial charge in [-0.2, -0.15) is 0 Å². The average molecular weight is 317 g/mol. The molecule has 112 valence electrons. The van der Waals surface area contributed by atoms with Gasteiger partial charge in [0.25, 0.3) is 5.91 Å². The van der Waals surface area contributed by atoms with Gasteiger partial charge in [-0.15, -0.1) is 12.4 Å². The molecule has 2 rings (SSSR count). The third-order valence-electron chi connectivity index (χ3n) is 3.81. The second-order valence-corrected chi connectivity index (χ2v) is 5.51. The van der Waals surface area contributed by atoms with E-state index in [1.54, 1.807) is 12.1 Å². The summed E-state index contributed by atoms with van der Waals surface area (Å²) >= 11 is 6.08. The molecule has 1 heterocycles. The van der Waals surface area contributed by atoms with Gasteiger partial charge in [0.2, 0.25) is 0 Å². The average Bonchev–Trinajstić information content (AvgIpc) is 2.45. The lowest BCUT2D eigenvalue weighted by molar-refractivity contribution is 0.0687. The van der Waals surface area contributed by atoms with Crippen LogP contribution in [0.4, 0.5) is 0 Å². The zero-order valence-corrected chi connectivity index (χ0v) is 13.3. The van der Waals surface area contributed by atoms with Crippen LogP contribution in [0.25, 0.3) is 0 Å². The summed E-state index contributed by atoms with van der Waals surface area (Å²) in [6.07, 6.45) is 3.39. The van der Waals surface area contributed by atoms with Crippen LogP contribution in [-0.4, -0.2) is 37.5 Å². The molecule has 5 heteroatoms. The van der Waals surface area contributed by atoms with Crippen molar-refractivity contribution in [3.05, 3.63) is 34.9 Å². The molecular weight excluding hydrogens is 295 g/mol. The topological polar surface area (TPSA) is 32.3 Å². The maximum absolute atomic E-state index is 12.4. The molecule has 1 fully saturated rings. The number of likely N-dealkylation sites (tertiary alicyclic amines) is 1. The van der Waals surface area contributed by atoms with Gasteiger partial charge < -0.3 is 10.2 Å². The number of hydrogen-bond acceptors (Lipinski definition) is 2. The van der Waals surface area contributed by atoms with Gasteiger partial charge in [-0.3, -0.25) is 4.79 Å². The SMILES string of the molecule is CNCCC1CCN(C(=O)c2ccccc2Cl)CC1.Cl. The maximum Gasteiger partial charge on any atom is 0.255 e. The Bertz CT molecular complexity index is 432. The molecule has 0 bridgehead atoms. The number of amides is 1. The Balaban J connectivity index is 0.00000200. The minimum absolute atomic E-state index is 0. The fraction of sp³-hybridized carbons (Fsp3) is 0.533. The Kier molecular flexibility index (Phi) is 7.35. The van der Waals surface area contributed by atoms with E-state index in [1.165, 1.54) is 6.42 Å². The van der Waals surface area contributed by atoms with Crippen molar-refractivity contribution in [1.29, 1.82) is 0 Å². The largest absolute Gasteiger partial charge is 0.339 e. The summed E-state index contributed by atoms with van der Waals surface area (Å²) in [7, 11) is 1.98. The van der Waals surface area contributed by atoms with Crippen molar-refractivity contribution in [1.82, 2.24) is 10.2 Å². The fourth-order valence-corrected chi connectivity index (χ4v) is 2.79. The van der Waals surface area contributed by atoms with Crippen LogP contribution < -0.4 is 5.32 Å². The van der Waals surface area contributed by atoms with E-state index in [0.29, 0.717) is 10.6 Å². The van der Waals surface area contributed by atoms with Crippen LogP contribution in [-0.2, 0) is 0 Å². The van der Waals surface area contributed by atoms with E-state index in [0.717, 1.165) is 38.4 Å². The van der Waals surface area contributed by atoms with E-state index >= 15 is 0 Å². The number of nitrogens with zero attached hydrogens (tertiary/aromatic N) is 1. The van der Waals surface area contributed by atoms with Crippen LogP contribution in [0, 0.1) is 5.92 Å². The van der Waals surface area contributed by atoms with Gasteiger partial charge in [-0.25, -0.2) is 0 Å². The molecule has 1 N–H and O–H groups in total. The van der Waals surface area contributed by atoms with Crippen molar-refractivity contribution < 1.29 is 4.79 Å². The third-order valence-corrected chi connectivity index (χ3v) is 4.14. The van der Waals surface area contributed by atoms with Crippen molar-refractivity contribution >= 4 is 29.9 Å². The highest BCUT2D eigenvalue weighted by molar-refractivity contribution is 6.33. The summed E-state index contributed by atoms with van der Waals surface area (Å²) in [6.45, 7) is 2.75. The van der Waals surface area contributed by atoms with Crippen LogP contribution in [0.15, 0.2) is 24.3 Å². The number of rotatable bonds is 4. The first-order chi connectivity index (χ1) is 9.22. The molecule has 20 heavy (non-hydrogen) atoms. The zero-order valence-electron chi connectivity index (χ0n) is 11.8. The molecule has 1 aliphatic heterocycles. The Labute approximate surface area is 132 Å². The normalized spacial score (nSPS) is 15.8. The number of carbonyl (C=O) groups excluding carboxylic acids is 1. The number of nitrogens with one attached hydrogen (secondary N) is 1. The van der Waals surface area contributed by atoms with Crippen molar-refractivity contribution in [3.63, 3.8) is 0 Å². The lowest BCUT2D eigenvalue weighted by atomic mass is 9.93. The van der Waals surface area contributed by atoms with Gasteiger partial charge in [0.1, 0.15) is 0 Å². The minimum atomic E-state index is 0. The molecule has 0 unspecified atom stereocenters. The van der Waals surface area contributed by atoms with Gasteiger partial charge in [0.05, 0.1) is 10.6 Å². The van der Waals surface area contributed by atoms with Crippen molar-refractivity contribution in [2.24, 2.45) is 5.92 Å². The summed E-state index contributed by atoms with van der Waals surface area (Å²) in [5.41, 5.74) is 0.623. The molecule has 1 amide bonds. The van der Waals surface area contributed by atoms with Crippen LogP contribution in [0.5, 0.6) is 0 Å². The lowest BCUT2D eigenvalue weighted by Gasteiger charge is -2.32. The number of piperidine rings is 1. The molecule has 0 atom stereocenters. The number of hydrogen-bond donors (Lipinski definition) is 1. The third kappa shape index (κ3) is 4.37. The molecule has 1 aliphatic rings. The highest BCUT2D eigenvalue weighted by atomic mass is 35.5. The van der Waals surface area contributed by atoms with Gasteiger partial charge >= 0.3 is 0 Å². The van der Waals surface area contributed by atoms with E-state index in [1.807, 2.05) is 24.1 Å². The Morgan fingerprint density at radius 1 is 1.35 bits per heavy atom. The summed E-state index contributed by atoms with van der Waals surface area (Å²) in [5, 5.41) is 3.73. The molecule has 0 spiro atoms. The molecule has 0 aliphatic carbocycles. The van der Waals surface area contributed by atoms with E-state index in [2.05, 4.69) is 5.32 Å². The van der Waals surface area contributed by atoms with Gasteiger partial charge in [-0.1, -0.05) is 23.7 Å². The van der Waals surface area contributed by atoms with Crippen LogP contribution >= 0.6 is 24.0 Å². The van der Waals surface area contributed by atoms with Crippen LogP contribution in [0.2, 0.25) is 5.02 Å². The first-order valence-electron chi connectivity index (χ1n) is 6.90. The van der Waals surface area contributed by atoms with Crippen LogP contribution in [0.1, 0.15) is 29.6 Å². The Morgan fingerprint density at radius 2 is 2.00 bits per heavy atom. The summed E-state index contributed by atoms with van der Waals surface area (Å²) in [5.74, 6) is 0.806. The number of carbonyl (C=O) groups is 1. The van der Waals surface area contributed by atoms with Crippen LogP contribution in [0.3, 0.4) is 0 Å². The molecule has 0 radical (unpaired) electrons. The van der Waals surface area contributed by atoms with E-state index in [4.69, 9.17) is 11.6 Å². The first kappa shape index (κ1) is 17.3. The predicted octanol–water partition coefficient (Wildman–Crippen LogP) is 3.22. The predicted molar refractivity (Wildman–Crippen MR) is 85.9 cm³/mol. The van der Waals surface area contributed by atoms with E-state index in [9.17, 15) is 4.79 Å². The Hall–Kier alpha value is -0.770. The summed E-state index contributed by atoms with van der Waals surface area (Å²) < 4.78 is 0. The molecule has 1 saturated heterocycles. The first-order valence-corrected chi connectivity index (χ1v) is 7.28. The van der Waals surface area contributed by atoms with Crippen molar-refractivity contribution in [2.75, 3.05) is 26.7 Å². The van der Waals surface area contributed by atoms with E-state index < -0.39 is 0 Å². The zero-order chi connectivity index (χ0) is 13.7. The Morgan fingerprint density at radius 3 is 2.60 bits per heavy atom. The minimum Gasteiger partial charge on any atom is -0.339 e. The monoisotopic (exact) mass is 316 g/mol. The maximum atomic E-state index is 12.4.